The van der Waals surface area contributed by atoms with Gasteiger partial charge in [0.05, 0.1) is 16.3 Å². The van der Waals surface area contributed by atoms with Crippen molar-refractivity contribution in [2.75, 3.05) is 12.3 Å². The highest BCUT2D eigenvalue weighted by molar-refractivity contribution is 6.03. The Hall–Kier alpha value is -2.90. The summed E-state index contributed by atoms with van der Waals surface area (Å²) >= 11 is 0. The average molecular weight is 318 g/mol. The van der Waals surface area contributed by atoms with Gasteiger partial charge in [0.25, 0.3) is 11.6 Å². The minimum Gasteiger partial charge on any atom is -0.398 e. The van der Waals surface area contributed by atoms with E-state index in [-0.39, 0.29) is 16.9 Å². The lowest BCUT2D eigenvalue weighted by atomic mass is 10.1. The van der Waals surface area contributed by atoms with Crippen molar-refractivity contribution in [3.8, 4) is 0 Å². The third-order valence-corrected chi connectivity index (χ3v) is 3.57. The number of aryl methyl sites for hydroxylation is 2. The number of carbonyl (C=O) groups is 1. The number of nitrogens with one attached hydrogen (secondary N) is 1. The minimum absolute atomic E-state index is 0.0856. The molecule has 0 saturated carbocycles. The van der Waals surface area contributed by atoms with Crippen LogP contribution in [0.15, 0.2) is 22.7 Å². The summed E-state index contributed by atoms with van der Waals surface area (Å²) in [4.78, 5) is 22.5. The number of hydrogen-bond donors (Lipinski definition) is 2. The molecule has 0 radical (unpaired) electrons. The van der Waals surface area contributed by atoms with Crippen LogP contribution >= 0.6 is 0 Å². The smallest absolute Gasteiger partial charge is 0.284 e. The number of nitro benzene ring substituents is 1. The topological polar surface area (TPSA) is 124 Å². The Bertz CT molecular complexity index is 720. The van der Waals surface area contributed by atoms with Gasteiger partial charge in [-0.05, 0) is 32.8 Å². The van der Waals surface area contributed by atoms with Crippen LogP contribution in [-0.2, 0) is 6.42 Å². The number of rotatable bonds is 6. The van der Waals surface area contributed by atoms with E-state index in [2.05, 4.69) is 10.5 Å². The number of carbonyl (C=O) groups excluding carboxylic acids is 1. The van der Waals surface area contributed by atoms with E-state index in [4.69, 9.17) is 10.3 Å². The van der Waals surface area contributed by atoms with Crippen molar-refractivity contribution in [3.63, 3.8) is 0 Å². The first-order valence-corrected chi connectivity index (χ1v) is 7.14. The lowest BCUT2D eigenvalue weighted by Crippen LogP contribution is -2.26. The standard InChI is InChI=1S/C15H18N4O4/c1-9-11(10(2)23-18-9)5-4-8-17-15(20)14-12(16)6-3-7-13(14)19(21)22/h3,6-7H,4-5,8,16H2,1-2H3,(H,17,20). The molecule has 1 aromatic heterocycles. The van der Waals surface area contributed by atoms with E-state index in [9.17, 15) is 14.9 Å². The second kappa shape index (κ2) is 6.91. The Morgan fingerprint density at radius 2 is 2.17 bits per heavy atom. The minimum atomic E-state index is -0.616. The molecule has 1 amide bonds. The van der Waals surface area contributed by atoms with Crippen molar-refractivity contribution in [2.24, 2.45) is 0 Å². The third-order valence-electron chi connectivity index (χ3n) is 3.57. The molecule has 0 spiro atoms. The van der Waals surface area contributed by atoms with Gasteiger partial charge in [-0.3, -0.25) is 14.9 Å². The van der Waals surface area contributed by atoms with Crippen LogP contribution in [-0.4, -0.2) is 22.5 Å². The number of nitrogens with two attached hydrogens (primary N) is 1. The second-order valence-corrected chi connectivity index (χ2v) is 5.16. The van der Waals surface area contributed by atoms with Crippen LogP contribution < -0.4 is 11.1 Å². The maximum absolute atomic E-state index is 12.2. The van der Waals surface area contributed by atoms with Gasteiger partial charge in [0.15, 0.2) is 0 Å². The fraction of sp³-hybridized carbons (Fsp3) is 0.333. The molecule has 8 heteroatoms. The highest BCUT2D eigenvalue weighted by atomic mass is 16.6. The summed E-state index contributed by atoms with van der Waals surface area (Å²) in [7, 11) is 0. The monoisotopic (exact) mass is 318 g/mol. The molecule has 8 nitrogen and oxygen atoms in total. The largest absolute Gasteiger partial charge is 0.398 e. The third kappa shape index (κ3) is 3.65. The van der Waals surface area contributed by atoms with Gasteiger partial charge in [0.2, 0.25) is 0 Å². The zero-order valence-corrected chi connectivity index (χ0v) is 13.0. The molecule has 0 atom stereocenters. The van der Waals surface area contributed by atoms with E-state index in [1.54, 1.807) is 0 Å². The Morgan fingerprint density at radius 1 is 1.43 bits per heavy atom. The van der Waals surface area contributed by atoms with Crippen LogP contribution in [0.3, 0.4) is 0 Å². The lowest BCUT2D eigenvalue weighted by Gasteiger charge is -2.08. The lowest BCUT2D eigenvalue weighted by molar-refractivity contribution is -0.385. The molecule has 2 rings (SSSR count). The number of anilines is 1. The van der Waals surface area contributed by atoms with E-state index < -0.39 is 10.8 Å². The Kier molecular flexibility index (Phi) is 4.95. The van der Waals surface area contributed by atoms with E-state index in [1.807, 2.05) is 13.8 Å². The normalized spacial score (nSPS) is 10.5. The zero-order valence-electron chi connectivity index (χ0n) is 13.0. The highest BCUT2D eigenvalue weighted by Gasteiger charge is 2.22. The molecule has 1 heterocycles. The molecule has 1 aromatic carbocycles. The Labute approximate surface area is 132 Å². The average Bonchev–Trinajstić information content (AvgIpc) is 2.82. The number of nitro groups is 1. The summed E-state index contributed by atoms with van der Waals surface area (Å²) in [6.07, 6.45) is 1.36. The molecule has 0 aliphatic heterocycles. The SMILES string of the molecule is Cc1noc(C)c1CCCNC(=O)c1c(N)cccc1[N+](=O)[O-]. The van der Waals surface area contributed by atoms with Crippen LogP contribution in [0, 0.1) is 24.0 Å². The summed E-state index contributed by atoms with van der Waals surface area (Å²) in [6, 6.07) is 4.17. The molecule has 2 aromatic rings. The van der Waals surface area contributed by atoms with E-state index >= 15 is 0 Å². The van der Waals surface area contributed by atoms with Crippen LogP contribution in [0.2, 0.25) is 0 Å². The molecule has 0 fully saturated rings. The number of nitrogen functional groups attached to an aromatic ring is 1. The van der Waals surface area contributed by atoms with Gasteiger partial charge in [0.1, 0.15) is 11.3 Å². The first-order valence-electron chi connectivity index (χ1n) is 7.14. The Balaban J connectivity index is 1.97. The van der Waals surface area contributed by atoms with Crippen LogP contribution in [0.25, 0.3) is 0 Å². The number of benzene rings is 1. The molecular weight excluding hydrogens is 300 g/mol. The highest BCUT2D eigenvalue weighted by Crippen LogP contribution is 2.23. The predicted molar refractivity (Wildman–Crippen MR) is 84.1 cm³/mol. The fourth-order valence-corrected chi connectivity index (χ4v) is 2.37. The van der Waals surface area contributed by atoms with Gasteiger partial charge in [-0.25, -0.2) is 0 Å². The van der Waals surface area contributed by atoms with Gasteiger partial charge in [-0.2, -0.15) is 0 Å². The van der Waals surface area contributed by atoms with Crippen molar-refractivity contribution in [3.05, 3.63) is 50.9 Å². The van der Waals surface area contributed by atoms with Gasteiger partial charge < -0.3 is 15.6 Å². The number of nitrogens with zero attached hydrogens (tertiary/aromatic N) is 2. The summed E-state index contributed by atoms with van der Waals surface area (Å²) in [5.41, 5.74) is 7.23. The summed E-state index contributed by atoms with van der Waals surface area (Å²) in [5, 5.41) is 17.5. The number of aromatic nitrogens is 1. The van der Waals surface area contributed by atoms with Gasteiger partial charge >= 0.3 is 0 Å². The Morgan fingerprint density at radius 3 is 2.78 bits per heavy atom. The van der Waals surface area contributed by atoms with Gasteiger partial charge in [-0.15, -0.1) is 0 Å². The first kappa shape index (κ1) is 16.5. The molecule has 3 N–H and O–H groups in total. The zero-order chi connectivity index (χ0) is 17.0. The molecular formula is C15H18N4O4. The molecule has 0 unspecified atom stereocenters. The van der Waals surface area contributed by atoms with Crippen molar-refractivity contribution < 1.29 is 14.2 Å². The number of amides is 1. The van der Waals surface area contributed by atoms with Crippen molar-refractivity contribution in [1.29, 1.82) is 0 Å². The maximum atomic E-state index is 12.2. The van der Waals surface area contributed by atoms with E-state index in [0.29, 0.717) is 19.4 Å². The molecule has 122 valence electrons. The van der Waals surface area contributed by atoms with Crippen LogP contribution in [0.4, 0.5) is 11.4 Å². The van der Waals surface area contributed by atoms with Crippen molar-refractivity contribution >= 4 is 17.3 Å². The summed E-state index contributed by atoms with van der Waals surface area (Å²) < 4.78 is 5.07. The molecule has 0 aliphatic carbocycles. The second-order valence-electron chi connectivity index (χ2n) is 5.16. The maximum Gasteiger partial charge on any atom is 0.284 e. The number of hydrogen-bond acceptors (Lipinski definition) is 6. The summed E-state index contributed by atoms with van der Waals surface area (Å²) in [6.45, 7) is 4.06. The molecule has 0 saturated heterocycles. The van der Waals surface area contributed by atoms with Gasteiger partial charge in [-0.1, -0.05) is 11.2 Å². The quantitative estimate of drug-likeness (QED) is 0.364. The van der Waals surface area contributed by atoms with Gasteiger partial charge in [0, 0.05) is 18.2 Å². The van der Waals surface area contributed by atoms with Crippen molar-refractivity contribution in [1.82, 2.24) is 10.5 Å². The van der Waals surface area contributed by atoms with Crippen LogP contribution in [0.5, 0.6) is 0 Å². The van der Waals surface area contributed by atoms with Crippen LogP contribution in [0.1, 0.15) is 33.8 Å². The van der Waals surface area contributed by atoms with E-state index in [0.717, 1.165) is 17.0 Å². The molecule has 23 heavy (non-hydrogen) atoms. The fourth-order valence-electron chi connectivity index (χ4n) is 2.37. The predicted octanol–water partition coefficient (Wildman–Crippen LogP) is 2.14. The molecule has 0 aliphatic rings. The first-order chi connectivity index (χ1) is 10.9. The molecule has 0 bridgehead atoms. The van der Waals surface area contributed by atoms with E-state index in [1.165, 1.54) is 18.2 Å². The van der Waals surface area contributed by atoms with Crippen molar-refractivity contribution in [2.45, 2.75) is 26.7 Å². The summed E-state index contributed by atoms with van der Waals surface area (Å²) in [5.74, 6) is 0.213.